The van der Waals surface area contributed by atoms with Gasteiger partial charge in [0.2, 0.25) is 0 Å². The summed E-state index contributed by atoms with van der Waals surface area (Å²) in [5.41, 5.74) is 2.22. The van der Waals surface area contributed by atoms with Gasteiger partial charge in [0.15, 0.2) is 0 Å². The van der Waals surface area contributed by atoms with Crippen molar-refractivity contribution in [2.24, 2.45) is 0 Å². The van der Waals surface area contributed by atoms with Gasteiger partial charge in [-0.05, 0) is 40.8 Å². The molecule has 3 atom stereocenters. The van der Waals surface area contributed by atoms with E-state index in [1.165, 1.54) is 12.1 Å². The first-order valence-corrected chi connectivity index (χ1v) is 11.6. The van der Waals surface area contributed by atoms with Crippen LogP contribution in [0.15, 0.2) is 78.9 Å². The van der Waals surface area contributed by atoms with Crippen LogP contribution in [0.1, 0.15) is 41.6 Å². The van der Waals surface area contributed by atoms with Gasteiger partial charge in [-0.15, -0.1) is 0 Å². The van der Waals surface area contributed by atoms with E-state index in [4.69, 9.17) is 9.47 Å². The molecule has 1 unspecified atom stereocenters. The molecule has 172 valence electrons. The molecule has 1 N–H and O–H groups in total. The number of nitrogens with zero attached hydrogens (tertiary/aromatic N) is 1. The van der Waals surface area contributed by atoms with Crippen molar-refractivity contribution in [2.45, 2.75) is 43.7 Å². The highest BCUT2D eigenvalue weighted by atomic mass is 19.1. The van der Waals surface area contributed by atoms with E-state index in [0.29, 0.717) is 26.2 Å². The summed E-state index contributed by atoms with van der Waals surface area (Å²) in [5, 5.41) is 11.9. The van der Waals surface area contributed by atoms with E-state index in [2.05, 4.69) is 30.0 Å². The van der Waals surface area contributed by atoms with Crippen molar-refractivity contribution < 1.29 is 19.0 Å². The Hall–Kier alpha value is -2.57. The van der Waals surface area contributed by atoms with Gasteiger partial charge in [0, 0.05) is 13.0 Å². The lowest BCUT2D eigenvalue weighted by Gasteiger charge is -2.48. The molecule has 1 spiro atoms. The minimum Gasteiger partial charge on any atom is -0.383 e. The Labute approximate surface area is 194 Å². The summed E-state index contributed by atoms with van der Waals surface area (Å²) >= 11 is 0. The van der Waals surface area contributed by atoms with Crippen LogP contribution in [0.25, 0.3) is 0 Å². The van der Waals surface area contributed by atoms with Crippen LogP contribution in [0.2, 0.25) is 0 Å². The van der Waals surface area contributed by atoms with Crippen molar-refractivity contribution in [3.63, 3.8) is 0 Å². The average Bonchev–Trinajstić information content (AvgIpc) is 3.16. The maximum Gasteiger partial charge on any atom is 0.149 e. The van der Waals surface area contributed by atoms with Crippen LogP contribution in [0.5, 0.6) is 0 Å². The molecule has 2 aliphatic rings. The van der Waals surface area contributed by atoms with Crippen molar-refractivity contribution in [3.8, 4) is 0 Å². The summed E-state index contributed by atoms with van der Waals surface area (Å²) in [6, 6.07) is 24.8. The summed E-state index contributed by atoms with van der Waals surface area (Å²) in [7, 11) is 0. The SMILES string of the molecule is CCc1ccccc1[C@@]1(O)COCC2(C1)OC[C@H](c1ccc(F)cc1)N2Cc1ccccc1. The number of aliphatic hydroxyl groups is 1. The number of benzene rings is 3. The zero-order valence-corrected chi connectivity index (χ0v) is 18.9. The van der Waals surface area contributed by atoms with Crippen LogP contribution in [-0.4, -0.2) is 35.6 Å². The van der Waals surface area contributed by atoms with Crippen molar-refractivity contribution >= 4 is 0 Å². The number of ether oxygens (including phenoxy) is 2. The largest absolute Gasteiger partial charge is 0.383 e. The molecule has 0 bridgehead atoms. The quantitative estimate of drug-likeness (QED) is 0.600. The highest BCUT2D eigenvalue weighted by Gasteiger charge is 2.55. The van der Waals surface area contributed by atoms with E-state index in [1.54, 1.807) is 0 Å². The third kappa shape index (κ3) is 4.22. The monoisotopic (exact) mass is 447 g/mol. The van der Waals surface area contributed by atoms with E-state index in [-0.39, 0.29) is 18.5 Å². The predicted molar refractivity (Wildman–Crippen MR) is 125 cm³/mol. The first-order chi connectivity index (χ1) is 16.0. The first kappa shape index (κ1) is 22.2. The van der Waals surface area contributed by atoms with Crippen LogP contribution >= 0.6 is 0 Å². The van der Waals surface area contributed by atoms with Crippen LogP contribution in [-0.2, 0) is 28.0 Å². The molecule has 5 rings (SSSR count). The summed E-state index contributed by atoms with van der Waals surface area (Å²) in [6.07, 6.45) is 1.24. The molecule has 0 radical (unpaired) electrons. The number of halogens is 1. The average molecular weight is 448 g/mol. The van der Waals surface area contributed by atoms with Crippen LogP contribution in [0.4, 0.5) is 4.39 Å². The molecule has 0 aromatic heterocycles. The second-order valence-electron chi connectivity index (χ2n) is 9.15. The zero-order valence-electron chi connectivity index (χ0n) is 18.9. The second kappa shape index (κ2) is 8.99. The number of hydrogen-bond donors (Lipinski definition) is 1. The van der Waals surface area contributed by atoms with Crippen molar-refractivity contribution in [1.29, 1.82) is 0 Å². The molecule has 3 aromatic carbocycles. The molecule has 2 saturated heterocycles. The zero-order chi connectivity index (χ0) is 22.9. The summed E-state index contributed by atoms with van der Waals surface area (Å²) in [6.45, 7) is 3.79. The fourth-order valence-corrected chi connectivity index (χ4v) is 5.36. The topological polar surface area (TPSA) is 41.9 Å². The van der Waals surface area contributed by atoms with Gasteiger partial charge < -0.3 is 14.6 Å². The van der Waals surface area contributed by atoms with Crippen LogP contribution < -0.4 is 0 Å². The van der Waals surface area contributed by atoms with Gasteiger partial charge in [0.25, 0.3) is 0 Å². The predicted octanol–water partition coefficient (Wildman–Crippen LogP) is 4.97. The smallest absolute Gasteiger partial charge is 0.149 e. The first-order valence-electron chi connectivity index (χ1n) is 11.6. The molecule has 33 heavy (non-hydrogen) atoms. The van der Waals surface area contributed by atoms with Crippen LogP contribution in [0.3, 0.4) is 0 Å². The highest BCUT2D eigenvalue weighted by Crippen LogP contribution is 2.47. The molecule has 2 aliphatic heterocycles. The Morgan fingerprint density at radius 3 is 2.45 bits per heavy atom. The van der Waals surface area contributed by atoms with E-state index in [9.17, 15) is 9.50 Å². The normalized spacial score (nSPS) is 27.8. The molecule has 4 nitrogen and oxygen atoms in total. The second-order valence-corrected chi connectivity index (χ2v) is 9.15. The van der Waals surface area contributed by atoms with Crippen molar-refractivity contribution in [2.75, 3.05) is 19.8 Å². The molecule has 2 heterocycles. The fraction of sp³-hybridized carbons (Fsp3) is 0.357. The van der Waals surface area contributed by atoms with Gasteiger partial charge in [0.1, 0.15) is 17.1 Å². The van der Waals surface area contributed by atoms with Gasteiger partial charge in [0.05, 0.1) is 25.9 Å². The minimum atomic E-state index is -1.16. The lowest BCUT2D eigenvalue weighted by atomic mass is 9.81. The third-order valence-corrected chi connectivity index (χ3v) is 7.00. The van der Waals surface area contributed by atoms with Gasteiger partial charge in [-0.1, -0.05) is 73.7 Å². The molecule has 2 fully saturated rings. The lowest BCUT2D eigenvalue weighted by Crippen LogP contribution is -2.58. The maximum absolute atomic E-state index is 13.6. The molecule has 0 saturated carbocycles. The van der Waals surface area contributed by atoms with Gasteiger partial charge >= 0.3 is 0 Å². The molecule has 0 aliphatic carbocycles. The molecule has 3 aromatic rings. The van der Waals surface area contributed by atoms with Gasteiger partial charge in [-0.25, -0.2) is 4.39 Å². The van der Waals surface area contributed by atoms with Crippen molar-refractivity contribution in [3.05, 3.63) is 107 Å². The molecular weight excluding hydrogens is 417 g/mol. The fourth-order valence-electron chi connectivity index (χ4n) is 5.36. The Kier molecular flexibility index (Phi) is 6.06. The number of rotatable bonds is 5. The van der Waals surface area contributed by atoms with E-state index in [0.717, 1.165) is 28.7 Å². The number of aryl methyl sites for hydroxylation is 1. The summed E-state index contributed by atoms with van der Waals surface area (Å²) < 4.78 is 26.2. The molecule has 5 heteroatoms. The van der Waals surface area contributed by atoms with E-state index < -0.39 is 11.3 Å². The maximum atomic E-state index is 13.6. The third-order valence-electron chi connectivity index (χ3n) is 7.00. The van der Waals surface area contributed by atoms with Gasteiger partial charge in [-0.2, -0.15) is 0 Å². The molecular formula is C28H30FNO3. The van der Waals surface area contributed by atoms with E-state index >= 15 is 0 Å². The minimum absolute atomic E-state index is 0.0711. The molecule has 0 amide bonds. The summed E-state index contributed by atoms with van der Waals surface area (Å²) in [5.74, 6) is -0.256. The Balaban J connectivity index is 1.53. The summed E-state index contributed by atoms with van der Waals surface area (Å²) in [4.78, 5) is 2.29. The van der Waals surface area contributed by atoms with Crippen LogP contribution in [0, 0.1) is 5.82 Å². The Morgan fingerprint density at radius 2 is 1.70 bits per heavy atom. The van der Waals surface area contributed by atoms with Gasteiger partial charge in [-0.3, -0.25) is 4.90 Å². The Bertz CT molecular complexity index is 1090. The highest BCUT2D eigenvalue weighted by molar-refractivity contribution is 5.34. The standard InChI is InChI=1S/C28H30FNO3/c1-2-22-10-6-7-11-25(22)27(31)18-28(20-32-19-27)30(16-21-8-4-3-5-9-21)26(17-33-28)23-12-14-24(29)15-13-23/h3-15,26,31H,2,16-20H2,1H3/t26-,27+,28?/m1/s1. The van der Waals surface area contributed by atoms with Crippen molar-refractivity contribution in [1.82, 2.24) is 4.90 Å². The Morgan fingerprint density at radius 1 is 0.970 bits per heavy atom. The number of hydrogen-bond acceptors (Lipinski definition) is 4. The van der Waals surface area contributed by atoms with E-state index in [1.807, 2.05) is 48.5 Å². The lowest BCUT2D eigenvalue weighted by molar-refractivity contribution is -0.231.